The van der Waals surface area contributed by atoms with Crippen molar-refractivity contribution in [3.05, 3.63) is 98.1 Å². The van der Waals surface area contributed by atoms with Gasteiger partial charge < -0.3 is 78.7 Å². The SMILES string of the molecule is C.C.C.C.C.C.CCCOC(=O)c1cc(O)c(O)c(OC)c1C.CCCOC(=O)c1cc(O)c(OC)c(O)c1C.CCCOC(=O)c1cc(OC)c(O)c(O)c1C.COc1ccc(O)c(C(C)(C)C)c1C.COc1ccc(O)c(C)c1C(C)(C)C. The van der Waals surface area contributed by atoms with E-state index in [1.54, 1.807) is 46.3 Å². The number of benzene rings is 5. The van der Waals surface area contributed by atoms with Crippen molar-refractivity contribution in [1.82, 2.24) is 0 Å². The van der Waals surface area contributed by atoms with Crippen LogP contribution in [0.5, 0.6) is 74.7 Å². The molecule has 85 heavy (non-hydrogen) atoms. The second-order valence-electron chi connectivity index (χ2n) is 19.8. The molecule has 5 aromatic carbocycles. The Balaban J connectivity index is -0.000000226. The molecular formula is C66H108O19. The molecule has 0 aliphatic carbocycles. The molecule has 0 unspecified atom stereocenters. The van der Waals surface area contributed by atoms with E-state index in [9.17, 15) is 55.2 Å². The zero-order valence-corrected chi connectivity index (χ0v) is 49.4. The maximum absolute atomic E-state index is 11.7. The topological polar surface area (TPSA) is 287 Å². The van der Waals surface area contributed by atoms with Crippen molar-refractivity contribution in [3.8, 4) is 74.7 Å². The summed E-state index contributed by atoms with van der Waals surface area (Å²) < 4.78 is 40.0. The molecule has 0 aliphatic rings. The van der Waals surface area contributed by atoms with E-state index in [2.05, 4.69) is 41.5 Å². The number of esters is 3. The Hall–Kier alpha value is -8.09. The number of carbonyl (C=O) groups is 3. The minimum absolute atomic E-state index is 0. The molecule has 8 N–H and O–H groups in total. The Morgan fingerprint density at radius 1 is 0.365 bits per heavy atom. The van der Waals surface area contributed by atoms with Gasteiger partial charge in [-0.15, -0.1) is 0 Å². The average Bonchev–Trinajstić information content (AvgIpc) is 3.62. The lowest BCUT2D eigenvalue weighted by atomic mass is 9.83. The second kappa shape index (κ2) is 40.2. The Morgan fingerprint density at radius 2 is 0.729 bits per heavy atom. The summed E-state index contributed by atoms with van der Waals surface area (Å²) in [4.78, 5) is 35.0. The number of methoxy groups -OCH3 is 5. The van der Waals surface area contributed by atoms with E-state index in [1.165, 1.54) is 46.5 Å². The normalized spacial score (nSPS) is 9.82. The third kappa shape index (κ3) is 23.8. The number of phenolic OH excluding ortho intramolecular Hbond substituents is 8. The molecule has 0 bridgehead atoms. The number of hydrogen-bond acceptors (Lipinski definition) is 19. The van der Waals surface area contributed by atoms with Crippen LogP contribution in [0.4, 0.5) is 0 Å². The number of rotatable bonds is 14. The highest BCUT2D eigenvalue weighted by Gasteiger charge is 2.26. The van der Waals surface area contributed by atoms with Crippen LogP contribution in [0.25, 0.3) is 0 Å². The summed E-state index contributed by atoms with van der Waals surface area (Å²) in [6.45, 7) is 27.7. The van der Waals surface area contributed by atoms with Crippen molar-refractivity contribution in [2.75, 3.05) is 55.4 Å². The summed E-state index contributed by atoms with van der Waals surface area (Å²) in [6.07, 6.45) is 2.14. The number of ether oxygens (including phenoxy) is 8. The minimum atomic E-state index is -0.572. The van der Waals surface area contributed by atoms with Gasteiger partial charge in [0.25, 0.3) is 0 Å². The molecule has 19 heteroatoms. The lowest BCUT2D eigenvalue weighted by molar-refractivity contribution is 0.0494. The van der Waals surface area contributed by atoms with Crippen LogP contribution in [-0.2, 0) is 25.0 Å². The number of aromatic hydroxyl groups is 8. The predicted molar refractivity (Wildman–Crippen MR) is 341 cm³/mol. The minimum Gasteiger partial charge on any atom is -0.508 e. The van der Waals surface area contributed by atoms with Crippen molar-refractivity contribution in [2.24, 2.45) is 0 Å². The molecule has 0 heterocycles. The molecule has 0 saturated heterocycles. The molecular weight excluding hydrogens is 1100 g/mol. The molecule has 5 rings (SSSR count). The maximum Gasteiger partial charge on any atom is 0.338 e. The van der Waals surface area contributed by atoms with Gasteiger partial charge in [0, 0.05) is 27.8 Å². The zero-order valence-electron chi connectivity index (χ0n) is 49.4. The first-order valence-corrected chi connectivity index (χ1v) is 25.4. The summed E-state index contributed by atoms with van der Waals surface area (Å²) in [6, 6.07) is 10.7. The third-order valence-corrected chi connectivity index (χ3v) is 11.8. The molecule has 0 aromatic heterocycles. The average molecular weight is 1210 g/mol. The first-order valence-electron chi connectivity index (χ1n) is 25.4. The molecule has 0 amide bonds. The van der Waals surface area contributed by atoms with Crippen molar-refractivity contribution in [2.45, 2.75) is 172 Å². The highest BCUT2D eigenvalue weighted by atomic mass is 16.5. The smallest absolute Gasteiger partial charge is 0.338 e. The fourth-order valence-electron chi connectivity index (χ4n) is 7.87. The molecule has 0 saturated carbocycles. The molecule has 19 nitrogen and oxygen atoms in total. The monoisotopic (exact) mass is 1200 g/mol. The van der Waals surface area contributed by atoms with Crippen LogP contribution >= 0.6 is 0 Å². The van der Waals surface area contributed by atoms with Crippen molar-refractivity contribution < 1.29 is 93.1 Å². The van der Waals surface area contributed by atoms with Gasteiger partial charge in [-0.25, -0.2) is 14.4 Å². The largest absolute Gasteiger partial charge is 0.508 e. The molecule has 0 radical (unpaired) electrons. The lowest BCUT2D eigenvalue weighted by Gasteiger charge is -2.24. The van der Waals surface area contributed by atoms with Gasteiger partial charge in [-0.1, -0.05) is 107 Å². The number of phenols is 8. The molecule has 0 aliphatic heterocycles. The van der Waals surface area contributed by atoms with Gasteiger partial charge in [0.15, 0.2) is 34.5 Å². The lowest BCUT2D eigenvalue weighted by Crippen LogP contribution is -2.14. The Labute approximate surface area is 509 Å². The number of carbonyl (C=O) groups excluding carboxylic acids is 3. The number of hydrogen-bond donors (Lipinski definition) is 8. The molecule has 0 atom stereocenters. The summed E-state index contributed by atoms with van der Waals surface area (Å²) in [5, 5.41) is 76.9. The third-order valence-electron chi connectivity index (χ3n) is 11.8. The van der Waals surface area contributed by atoms with Gasteiger partial charge >= 0.3 is 17.9 Å². The standard InChI is InChI=1S/3C12H16O5.2C12H18O2.6CH4/c1-4-5-17-12(15)8-6-9(13)10(14)11(16-3)7(8)2;1-4-5-17-12(15)8-6-9(16-3)11(14)10(13)7(8)2;1-4-5-17-12(15)8-6-9(13)11(16-3)10(14)7(8)2;1-8-10(14-5)7-6-9(13)11(8)12(2,3)4;1-8-9(13)6-7-10(14-5)11(8)12(2,3)4;;;;;;/h3*6,13-14H,4-5H2,1-3H3;2*6-7,13H,1-5H3;6*1H4. The fraction of sp³-hybridized carbons (Fsp3) is 0.500. The van der Waals surface area contributed by atoms with Gasteiger partial charge in [0.05, 0.1) is 72.1 Å². The van der Waals surface area contributed by atoms with E-state index in [0.717, 1.165) is 33.8 Å². The first-order chi connectivity index (χ1) is 36.8. The van der Waals surface area contributed by atoms with Crippen LogP contribution in [0.2, 0.25) is 0 Å². The summed E-state index contributed by atoms with van der Waals surface area (Å²) in [7, 11) is 7.31. The van der Waals surface area contributed by atoms with Crippen LogP contribution < -0.4 is 23.7 Å². The van der Waals surface area contributed by atoms with Crippen molar-refractivity contribution in [3.63, 3.8) is 0 Å². The summed E-state index contributed by atoms with van der Waals surface area (Å²) >= 11 is 0. The Kier molecular flexibility index (Phi) is 41.7. The van der Waals surface area contributed by atoms with Gasteiger partial charge in [-0.05, 0) is 118 Å². The zero-order chi connectivity index (χ0) is 60.9. The van der Waals surface area contributed by atoms with E-state index >= 15 is 0 Å². The van der Waals surface area contributed by atoms with Crippen LogP contribution in [0.3, 0.4) is 0 Å². The van der Waals surface area contributed by atoms with Crippen LogP contribution in [0, 0.1) is 34.6 Å². The van der Waals surface area contributed by atoms with Gasteiger partial charge in [-0.2, -0.15) is 0 Å². The van der Waals surface area contributed by atoms with Crippen molar-refractivity contribution >= 4 is 17.9 Å². The molecule has 486 valence electrons. The predicted octanol–water partition coefficient (Wildman–Crippen LogP) is 15.8. The van der Waals surface area contributed by atoms with E-state index in [4.69, 9.17) is 37.9 Å². The van der Waals surface area contributed by atoms with Gasteiger partial charge in [0.1, 0.15) is 23.0 Å². The fourth-order valence-corrected chi connectivity index (χ4v) is 7.87. The highest BCUT2D eigenvalue weighted by molar-refractivity contribution is 5.94. The van der Waals surface area contributed by atoms with Crippen LogP contribution in [-0.4, -0.2) is 114 Å². The highest BCUT2D eigenvalue weighted by Crippen LogP contribution is 2.43. The summed E-state index contributed by atoms with van der Waals surface area (Å²) in [5.74, 6) is -1.33. The first kappa shape index (κ1) is 88.1. The Bertz CT molecular complexity index is 2820. The second-order valence-corrected chi connectivity index (χ2v) is 19.8. The quantitative estimate of drug-likeness (QED) is 0.0291. The van der Waals surface area contributed by atoms with E-state index < -0.39 is 23.7 Å². The Morgan fingerprint density at radius 3 is 1.12 bits per heavy atom. The van der Waals surface area contributed by atoms with Crippen molar-refractivity contribution in [1.29, 1.82) is 0 Å². The van der Waals surface area contributed by atoms with E-state index in [1.807, 2.05) is 40.7 Å². The summed E-state index contributed by atoms with van der Waals surface area (Å²) in [5.41, 5.74) is 5.38. The maximum atomic E-state index is 11.7. The van der Waals surface area contributed by atoms with Crippen LogP contribution in [0.1, 0.15) is 196 Å². The van der Waals surface area contributed by atoms with Crippen LogP contribution in [0.15, 0.2) is 42.5 Å². The van der Waals surface area contributed by atoms with Gasteiger partial charge in [0.2, 0.25) is 17.2 Å². The molecule has 0 fully saturated rings. The van der Waals surface area contributed by atoms with Gasteiger partial charge in [-0.3, -0.25) is 0 Å². The van der Waals surface area contributed by atoms with E-state index in [0.29, 0.717) is 61.7 Å². The van der Waals surface area contributed by atoms with E-state index in [-0.39, 0.29) is 124 Å². The molecule has 0 spiro atoms. The molecule has 5 aromatic rings.